The summed E-state index contributed by atoms with van der Waals surface area (Å²) in [6, 6.07) is 10.7. The zero-order chi connectivity index (χ0) is 17.6. The summed E-state index contributed by atoms with van der Waals surface area (Å²) in [6.45, 7) is 2.67. The topological polar surface area (TPSA) is 75.3 Å². The molecule has 0 aliphatic carbocycles. The predicted molar refractivity (Wildman–Crippen MR) is 96.6 cm³/mol. The maximum Gasteiger partial charge on any atom is 0.240 e. The van der Waals surface area contributed by atoms with Crippen LogP contribution in [-0.4, -0.2) is 21.4 Å². The first-order chi connectivity index (χ1) is 11.4. The van der Waals surface area contributed by atoms with Gasteiger partial charge in [0.1, 0.15) is 0 Å². The second-order valence-electron chi connectivity index (χ2n) is 5.35. The number of hydrogen-bond donors (Lipinski definition) is 2. The van der Waals surface area contributed by atoms with Crippen LogP contribution in [0.2, 0.25) is 0 Å². The number of benzene rings is 1. The molecule has 7 heteroatoms. The van der Waals surface area contributed by atoms with Gasteiger partial charge in [-0.05, 0) is 49.7 Å². The quantitative estimate of drug-likeness (QED) is 0.754. The lowest BCUT2D eigenvalue weighted by Crippen LogP contribution is -2.22. The van der Waals surface area contributed by atoms with Gasteiger partial charge in [0.05, 0.1) is 11.4 Å². The zero-order valence-electron chi connectivity index (χ0n) is 13.8. The van der Waals surface area contributed by atoms with Gasteiger partial charge in [-0.1, -0.05) is 19.1 Å². The van der Waals surface area contributed by atoms with E-state index in [1.165, 1.54) is 11.9 Å². The fourth-order valence-corrected chi connectivity index (χ4v) is 3.82. The monoisotopic (exact) mass is 366 g/mol. The molecule has 0 radical (unpaired) electrons. The molecular weight excluding hydrogens is 344 g/mol. The lowest BCUT2D eigenvalue weighted by Gasteiger charge is -2.06. The third kappa shape index (κ3) is 5.15. The van der Waals surface area contributed by atoms with Crippen LogP contribution in [0.4, 0.5) is 0 Å². The second kappa shape index (κ2) is 8.41. The van der Waals surface area contributed by atoms with Gasteiger partial charge in [-0.2, -0.15) is 0 Å². The van der Waals surface area contributed by atoms with Gasteiger partial charge in [0.2, 0.25) is 15.9 Å². The lowest BCUT2D eigenvalue weighted by molar-refractivity contribution is -0.121. The first-order valence-corrected chi connectivity index (χ1v) is 10.1. The Morgan fingerprint density at radius 1 is 1.08 bits per heavy atom. The average molecular weight is 367 g/mol. The number of sulfonamides is 1. The molecule has 0 saturated carbocycles. The van der Waals surface area contributed by atoms with Crippen LogP contribution in [0.25, 0.3) is 0 Å². The maximum absolute atomic E-state index is 11.9. The van der Waals surface area contributed by atoms with Gasteiger partial charge in [-0.25, -0.2) is 13.1 Å². The molecule has 0 unspecified atom stereocenters. The molecule has 130 valence electrons. The third-order valence-corrected chi connectivity index (χ3v) is 6.33. The number of carbonyl (C=O) groups is 1. The highest BCUT2D eigenvalue weighted by Crippen LogP contribution is 2.16. The Morgan fingerprint density at radius 2 is 1.75 bits per heavy atom. The average Bonchev–Trinajstić information content (AvgIpc) is 3.06. The van der Waals surface area contributed by atoms with Crippen LogP contribution in [0.1, 0.15) is 28.7 Å². The molecule has 1 heterocycles. The Bertz CT molecular complexity index is 780. The summed E-state index contributed by atoms with van der Waals surface area (Å²) >= 11 is 1.72. The van der Waals surface area contributed by atoms with Crippen molar-refractivity contribution in [3.05, 3.63) is 51.7 Å². The standard InChI is InChI=1S/C17H22N2O3S2/c1-3-14-7-8-15(23-14)12-19-17(20)11-6-13-4-9-16(10-5-13)24(21,22)18-2/h4-5,7-10,18H,3,6,11-12H2,1-2H3,(H,19,20). The van der Waals surface area contributed by atoms with Crippen molar-refractivity contribution in [3.63, 3.8) is 0 Å². The summed E-state index contributed by atoms with van der Waals surface area (Å²) in [6.07, 6.45) is 1.97. The van der Waals surface area contributed by atoms with E-state index in [1.807, 2.05) is 6.07 Å². The lowest BCUT2D eigenvalue weighted by atomic mass is 10.1. The van der Waals surface area contributed by atoms with E-state index in [2.05, 4.69) is 23.0 Å². The van der Waals surface area contributed by atoms with E-state index >= 15 is 0 Å². The van der Waals surface area contributed by atoms with Gasteiger partial charge >= 0.3 is 0 Å². The van der Waals surface area contributed by atoms with Gasteiger partial charge in [-0.15, -0.1) is 11.3 Å². The molecule has 0 saturated heterocycles. The van der Waals surface area contributed by atoms with Crippen LogP contribution in [0.3, 0.4) is 0 Å². The molecule has 2 N–H and O–H groups in total. The van der Waals surface area contributed by atoms with E-state index in [9.17, 15) is 13.2 Å². The van der Waals surface area contributed by atoms with Gasteiger partial charge < -0.3 is 5.32 Å². The second-order valence-corrected chi connectivity index (χ2v) is 8.49. The van der Waals surface area contributed by atoms with E-state index in [0.717, 1.165) is 16.9 Å². The van der Waals surface area contributed by atoms with Gasteiger partial charge in [0, 0.05) is 16.2 Å². The molecule has 2 rings (SSSR count). The molecule has 1 aromatic carbocycles. The molecule has 0 fully saturated rings. The Hall–Kier alpha value is -1.70. The first kappa shape index (κ1) is 18.6. The highest BCUT2D eigenvalue weighted by molar-refractivity contribution is 7.89. The fraction of sp³-hybridized carbons (Fsp3) is 0.353. The molecule has 2 aromatic rings. The number of rotatable bonds is 8. The number of aryl methyl sites for hydroxylation is 2. The van der Waals surface area contributed by atoms with E-state index in [-0.39, 0.29) is 10.8 Å². The number of thiophene rings is 1. The zero-order valence-corrected chi connectivity index (χ0v) is 15.5. The van der Waals surface area contributed by atoms with Crippen LogP contribution in [0.5, 0.6) is 0 Å². The van der Waals surface area contributed by atoms with Gasteiger partial charge in [0.25, 0.3) is 0 Å². The minimum Gasteiger partial charge on any atom is -0.351 e. The smallest absolute Gasteiger partial charge is 0.240 e. The van der Waals surface area contributed by atoms with Crippen molar-refractivity contribution in [2.24, 2.45) is 0 Å². The molecule has 5 nitrogen and oxygen atoms in total. The SMILES string of the molecule is CCc1ccc(CNC(=O)CCc2ccc(S(=O)(=O)NC)cc2)s1. The Balaban J connectivity index is 1.81. The van der Waals surface area contributed by atoms with Gasteiger partial charge in [0.15, 0.2) is 0 Å². The van der Waals surface area contributed by atoms with Crippen LogP contribution in [0, 0.1) is 0 Å². The molecule has 0 spiro atoms. The van der Waals surface area contributed by atoms with Crippen LogP contribution >= 0.6 is 11.3 Å². The number of carbonyl (C=O) groups excluding carboxylic acids is 1. The molecule has 0 aliphatic heterocycles. The minimum absolute atomic E-state index is 0.00614. The molecule has 0 atom stereocenters. The van der Waals surface area contributed by atoms with E-state index < -0.39 is 10.0 Å². The minimum atomic E-state index is -3.41. The molecule has 24 heavy (non-hydrogen) atoms. The van der Waals surface area contributed by atoms with Crippen molar-refractivity contribution in [2.45, 2.75) is 37.6 Å². The van der Waals surface area contributed by atoms with E-state index in [4.69, 9.17) is 0 Å². The molecule has 0 bridgehead atoms. The van der Waals surface area contributed by atoms with Crippen molar-refractivity contribution in [2.75, 3.05) is 7.05 Å². The van der Waals surface area contributed by atoms with Crippen molar-refractivity contribution < 1.29 is 13.2 Å². The molecular formula is C17H22N2O3S2. The Labute approximate surface area is 147 Å². The summed E-state index contributed by atoms with van der Waals surface area (Å²) in [7, 11) is -2.03. The summed E-state index contributed by atoms with van der Waals surface area (Å²) in [5.74, 6) is -0.00614. The summed E-state index contributed by atoms with van der Waals surface area (Å²) in [5, 5.41) is 2.92. The summed E-state index contributed by atoms with van der Waals surface area (Å²) in [4.78, 5) is 14.6. The number of hydrogen-bond acceptors (Lipinski definition) is 4. The predicted octanol–water partition coefficient (Wildman–Crippen LogP) is 2.47. The van der Waals surface area contributed by atoms with Gasteiger partial charge in [-0.3, -0.25) is 4.79 Å². The third-order valence-electron chi connectivity index (χ3n) is 3.67. The van der Waals surface area contributed by atoms with Crippen LogP contribution in [0.15, 0.2) is 41.3 Å². The summed E-state index contributed by atoms with van der Waals surface area (Å²) < 4.78 is 25.6. The maximum atomic E-state index is 11.9. The fourth-order valence-electron chi connectivity index (χ4n) is 2.19. The Kier molecular flexibility index (Phi) is 6.53. The van der Waals surface area contributed by atoms with Crippen molar-refractivity contribution in [3.8, 4) is 0 Å². The molecule has 1 amide bonds. The first-order valence-electron chi connectivity index (χ1n) is 7.81. The highest BCUT2D eigenvalue weighted by atomic mass is 32.2. The number of nitrogens with one attached hydrogen (secondary N) is 2. The largest absolute Gasteiger partial charge is 0.351 e. The number of amides is 1. The van der Waals surface area contributed by atoms with Crippen LogP contribution < -0.4 is 10.0 Å². The highest BCUT2D eigenvalue weighted by Gasteiger charge is 2.10. The summed E-state index contributed by atoms with van der Waals surface area (Å²) in [5.41, 5.74) is 0.935. The molecule has 1 aromatic heterocycles. The Morgan fingerprint density at radius 3 is 2.33 bits per heavy atom. The van der Waals surface area contributed by atoms with Crippen LogP contribution in [-0.2, 0) is 34.2 Å². The van der Waals surface area contributed by atoms with Crippen molar-refractivity contribution in [1.82, 2.24) is 10.0 Å². The van der Waals surface area contributed by atoms with Crippen molar-refractivity contribution >= 4 is 27.3 Å². The van der Waals surface area contributed by atoms with E-state index in [1.54, 1.807) is 35.6 Å². The molecule has 0 aliphatic rings. The van der Waals surface area contributed by atoms with E-state index in [0.29, 0.717) is 19.4 Å². The normalized spacial score (nSPS) is 11.4. The van der Waals surface area contributed by atoms with Crippen molar-refractivity contribution in [1.29, 1.82) is 0 Å².